The molecule has 4 atom stereocenters. The van der Waals surface area contributed by atoms with Gasteiger partial charge in [0.25, 0.3) is 0 Å². The van der Waals surface area contributed by atoms with Crippen LogP contribution < -0.4 is 5.32 Å². The molecule has 1 saturated heterocycles. The standard InChI is InChI=1S/C25H32N6O3SSi/c1-14(19-18(23(33)29-19)15(2)34-36(6,7)25(3,4)5)22(32)17-12-31-13-28-21(24(31)35-17)20(30-26)16-9-8-10-27-11-16/h8-15,18-19H,1-7H3,(H,29,33)/t14-,15-,18-,19-/m1/s1. The molecule has 0 radical (unpaired) electrons. The van der Waals surface area contributed by atoms with Crippen LogP contribution in [0.1, 0.15) is 55.5 Å². The van der Waals surface area contributed by atoms with Gasteiger partial charge in [-0.25, -0.2) is 4.98 Å². The van der Waals surface area contributed by atoms with Crippen molar-refractivity contribution < 1.29 is 18.8 Å². The van der Waals surface area contributed by atoms with Crippen LogP contribution in [0.15, 0.2) is 37.1 Å². The lowest BCUT2D eigenvalue weighted by Crippen LogP contribution is -2.66. The summed E-state index contributed by atoms with van der Waals surface area (Å²) in [6, 6.07) is 3.23. The van der Waals surface area contributed by atoms with Crippen LogP contribution >= 0.6 is 11.3 Å². The van der Waals surface area contributed by atoms with E-state index in [1.165, 1.54) is 11.3 Å². The van der Waals surface area contributed by atoms with Gasteiger partial charge in [0.15, 0.2) is 19.8 Å². The van der Waals surface area contributed by atoms with Crippen LogP contribution in [0, 0.1) is 11.8 Å². The molecule has 0 spiro atoms. The van der Waals surface area contributed by atoms with Gasteiger partial charge in [-0.1, -0.05) is 27.7 Å². The second-order valence-corrected chi connectivity index (χ2v) is 16.7. The number of aromatic nitrogens is 3. The van der Waals surface area contributed by atoms with E-state index in [-0.39, 0.29) is 40.5 Å². The first-order valence-electron chi connectivity index (χ1n) is 12.0. The Kier molecular flexibility index (Phi) is 6.87. The number of pyridine rings is 1. The Bertz CT molecular complexity index is 1350. The third-order valence-electron chi connectivity index (χ3n) is 7.46. The number of nitrogens with one attached hydrogen (secondary N) is 1. The summed E-state index contributed by atoms with van der Waals surface area (Å²) in [6.45, 7) is 14.6. The van der Waals surface area contributed by atoms with Gasteiger partial charge in [-0.15, -0.1) is 11.3 Å². The van der Waals surface area contributed by atoms with E-state index in [1.807, 2.05) is 13.8 Å². The highest BCUT2D eigenvalue weighted by atomic mass is 32.1. The van der Waals surface area contributed by atoms with E-state index in [1.54, 1.807) is 41.5 Å². The van der Waals surface area contributed by atoms with Gasteiger partial charge >= 0.3 is 5.71 Å². The molecule has 0 aromatic carbocycles. The number of Topliss-reactive ketones (excluding diaryl/α,β-unsaturated/α-hetero) is 1. The third-order valence-corrected chi connectivity index (χ3v) is 13.2. The number of rotatable bonds is 8. The highest BCUT2D eigenvalue weighted by Crippen LogP contribution is 2.40. The maximum Gasteiger partial charge on any atom is 0.352 e. The number of carbonyl (C=O) groups is 2. The van der Waals surface area contributed by atoms with E-state index >= 15 is 0 Å². The molecule has 36 heavy (non-hydrogen) atoms. The van der Waals surface area contributed by atoms with E-state index in [9.17, 15) is 15.1 Å². The summed E-state index contributed by atoms with van der Waals surface area (Å²) in [5.41, 5.74) is 11.0. The van der Waals surface area contributed by atoms with Gasteiger partial charge in [0.2, 0.25) is 5.91 Å². The Morgan fingerprint density at radius 2 is 2.06 bits per heavy atom. The fourth-order valence-electron chi connectivity index (χ4n) is 4.28. The molecular weight excluding hydrogens is 492 g/mol. The van der Waals surface area contributed by atoms with Crippen LogP contribution in [0.4, 0.5) is 0 Å². The van der Waals surface area contributed by atoms with Crippen LogP contribution in [-0.4, -0.2) is 57.0 Å². The molecule has 4 rings (SSSR count). The lowest BCUT2D eigenvalue weighted by molar-refractivity contribution is -0.141. The third kappa shape index (κ3) is 4.59. The molecular formula is C25H32N6O3SSi. The topological polar surface area (TPSA) is 122 Å². The van der Waals surface area contributed by atoms with Crippen molar-refractivity contribution in [2.75, 3.05) is 0 Å². The molecule has 0 aliphatic carbocycles. The lowest BCUT2D eigenvalue weighted by atomic mass is 9.77. The predicted molar refractivity (Wildman–Crippen MR) is 141 cm³/mol. The van der Waals surface area contributed by atoms with Gasteiger partial charge in [0, 0.05) is 24.5 Å². The smallest absolute Gasteiger partial charge is 0.352 e. The number of β-lactam (4-membered cyclic amide) rings is 1. The molecule has 9 nitrogen and oxygen atoms in total. The fourth-order valence-corrected chi connectivity index (χ4v) is 6.82. The molecule has 1 aliphatic heterocycles. The van der Waals surface area contributed by atoms with Crippen LogP contribution in [0.5, 0.6) is 0 Å². The predicted octanol–water partition coefficient (Wildman–Crippen LogP) is 4.20. The Balaban J connectivity index is 1.55. The maximum atomic E-state index is 13.5. The quantitative estimate of drug-likeness (QED) is 0.118. The van der Waals surface area contributed by atoms with Crippen molar-refractivity contribution in [3.63, 3.8) is 0 Å². The van der Waals surface area contributed by atoms with Crippen molar-refractivity contribution in [3.8, 4) is 0 Å². The molecule has 190 valence electrons. The molecule has 3 aromatic heterocycles. The van der Waals surface area contributed by atoms with Crippen LogP contribution in [-0.2, 0) is 9.22 Å². The average Bonchev–Trinajstić information content (AvgIpc) is 3.38. The Hall–Kier alpha value is -2.98. The number of amides is 1. The van der Waals surface area contributed by atoms with Gasteiger partial charge in [-0.2, -0.15) is 4.79 Å². The largest absolute Gasteiger partial charge is 0.413 e. The van der Waals surface area contributed by atoms with Crippen LogP contribution in [0.2, 0.25) is 18.1 Å². The number of hydrogen-bond acceptors (Lipinski definition) is 6. The monoisotopic (exact) mass is 524 g/mol. The number of imidazole rings is 1. The van der Waals surface area contributed by atoms with Crippen molar-refractivity contribution in [3.05, 3.63) is 58.7 Å². The second-order valence-electron chi connectivity index (χ2n) is 10.9. The number of fused-ring (bicyclic) bond motifs is 1. The molecule has 1 amide bonds. The SMILES string of the molecule is C[C@@H](O[Si](C)(C)C(C)(C)C)[C@H]1C(=O)N[C@@H]1[C@@H](C)C(=O)c1cn2cnc(C(=[N+]=[N-])c3cccnc3)c2s1. The molecule has 0 saturated carbocycles. The normalized spacial score (nSPS) is 19.8. The second kappa shape index (κ2) is 9.47. The van der Waals surface area contributed by atoms with Crippen molar-refractivity contribution in [2.24, 2.45) is 11.8 Å². The molecule has 11 heteroatoms. The van der Waals surface area contributed by atoms with E-state index in [4.69, 9.17) is 4.43 Å². The molecule has 0 unspecified atom stereocenters. The first kappa shape index (κ1) is 26.1. The summed E-state index contributed by atoms with van der Waals surface area (Å²) >= 11 is 1.28. The first-order chi connectivity index (χ1) is 16.9. The number of ketones is 1. The summed E-state index contributed by atoms with van der Waals surface area (Å²) in [5.74, 6) is -0.938. The summed E-state index contributed by atoms with van der Waals surface area (Å²) in [7, 11) is -2.07. The summed E-state index contributed by atoms with van der Waals surface area (Å²) in [4.78, 5) is 39.2. The summed E-state index contributed by atoms with van der Waals surface area (Å²) in [6.07, 6.45) is 6.27. The van der Waals surface area contributed by atoms with Crippen molar-refractivity contribution in [1.82, 2.24) is 19.7 Å². The van der Waals surface area contributed by atoms with Gasteiger partial charge in [-0.05, 0) is 37.2 Å². The van der Waals surface area contributed by atoms with Crippen molar-refractivity contribution >= 4 is 41.9 Å². The van der Waals surface area contributed by atoms with E-state index in [0.717, 1.165) is 0 Å². The highest BCUT2D eigenvalue weighted by Gasteiger charge is 2.50. The summed E-state index contributed by atoms with van der Waals surface area (Å²) in [5, 5.41) is 2.96. The van der Waals surface area contributed by atoms with Gasteiger partial charge in [0.05, 0.1) is 28.5 Å². The van der Waals surface area contributed by atoms with E-state index in [0.29, 0.717) is 21.0 Å². The highest BCUT2D eigenvalue weighted by molar-refractivity contribution is 7.19. The lowest BCUT2D eigenvalue weighted by Gasteiger charge is -2.46. The number of thiazole rings is 1. The van der Waals surface area contributed by atoms with Gasteiger partial charge < -0.3 is 15.3 Å². The minimum absolute atomic E-state index is 0.0233. The molecule has 0 bridgehead atoms. The minimum atomic E-state index is -2.07. The Labute approximate surface area is 215 Å². The average molecular weight is 525 g/mol. The van der Waals surface area contributed by atoms with Gasteiger partial charge in [0.1, 0.15) is 11.2 Å². The first-order valence-corrected chi connectivity index (χ1v) is 15.7. The molecule has 1 fully saturated rings. The number of carbonyl (C=O) groups excluding carboxylic acids is 2. The van der Waals surface area contributed by atoms with Crippen molar-refractivity contribution in [2.45, 2.75) is 64.9 Å². The zero-order valence-electron chi connectivity index (χ0n) is 21.6. The van der Waals surface area contributed by atoms with Gasteiger partial charge in [-0.3, -0.25) is 19.0 Å². The maximum absolute atomic E-state index is 13.5. The zero-order chi connectivity index (χ0) is 26.4. The number of hydrogen-bond donors (Lipinski definition) is 1. The Morgan fingerprint density at radius 3 is 2.64 bits per heavy atom. The fraction of sp³-hybridized carbons (Fsp3) is 0.480. The number of nitrogens with zero attached hydrogens (tertiary/aromatic N) is 5. The molecule has 1 aliphatic rings. The van der Waals surface area contributed by atoms with E-state index < -0.39 is 14.2 Å². The van der Waals surface area contributed by atoms with Crippen molar-refractivity contribution in [1.29, 1.82) is 0 Å². The Morgan fingerprint density at radius 1 is 1.33 bits per heavy atom. The summed E-state index contributed by atoms with van der Waals surface area (Å²) < 4.78 is 8.24. The van der Waals surface area contributed by atoms with Crippen LogP contribution in [0.25, 0.3) is 10.4 Å². The molecule has 1 N–H and O–H groups in total. The minimum Gasteiger partial charge on any atom is -0.413 e. The molecule has 3 aromatic rings. The van der Waals surface area contributed by atoms with E-state index in [2.05, 4.69) is 53.9 Å². The zero-order valence-corrected chi connectivity index (χ0v) is 23.5. The van der Waals surface area contributed by atoms with Crippen LogP contribution in [0.3, 0.4) is 0 Å². The molecule has 4 heterocycles.